The molecule has 172 valence electrons. The third-order valence-electron chi connectivity index (χ3n) is 5.86. The molecular weight excluding hydrogens is 420 g/mol. The maximum atomic E-state index is 12.8. The number of benzene rings is 2. The topological polar surface area (TPSA) is 143 Å². The van der Waals surface area contributed by atoms with Crippen LogP contribution in [0.15, 0.2) is 47.5 Å². The van der Waals surface area contributed by atoms with Gasteiger partial charge >= 0.3 is 0 Å². The van der Waals surface area contributed by atoms with Crippen molar-refractivity contribution in [3.05, 3.63) is 59.2 Å². The minimum Gasteiger partial charge on any atom is -0.343 e. The number of nitrogens with one attached hydrogen (secondary N) is 2. The van der Waals surface area contributed by atoms with Gasteiger partial charge in [0.1, 0.15) is 11.9 Å². The Morgan fingerprint density at radius 1 is 1.12 bits per heavy atom. The van der Waals surface area contributed by atoms with Crippen LogP contribution in [0.5, 0.6) is 0 Å². The smallest absolute Gasteiger partial charge is 0.260 e. The lowest BCUT2D eigenvalue weighted by Gasteiger charge is -2.24. The number of hydrogen-bond donors (Lipinski definition) is 4. The van der Waals surface area contributed by atoms with E-state index >= 15 is 0 Å². The summed E-state index contributed by atoms with van der Waals surface area (Å²) >= 11 is 0. The van der Waals surface area contributed by atoms with Gasteiger partial charge in [0.05, 0.1) is 23.8 Å². The van der Waals surface area contributed by atoms with Crippen molar-refractivity contribution in [3.63, 3.8) is 0 Å². The lowest BCUT2D eigenvalue weighted by Crippen LogP contribution is -2.48. The van der Waals surface area contributed by atoms with Crippen LogP contribution in [0.2, 0.25) is 0 Å². The van der Waals surface area contributed by atoms with Gasteiger partial charge in [-0.05, 0) is 56.1 Å². The minimum absolute atomic E-state index is 0.0800. The first kappa shape index (κ1) is 22.6. The second-order valence-electron chi connectivity index (χ2n) is 8.33. The second-order valence-corrected chi connectivity index (χ2v) is 8.33. The van der Waals surface area contributed by atoms with Crippen molar-refractivity contribution >= 4 is 34.9 Å². The highest BCUT2D eigenvalue weighted by molar-refractivity contribution is 6.24. The maximum Gasteiger partial charge on any atom is 0.260 e. The number of aliphatic imine (C=N–C) groups is 1. The summed E-state index contributed by atoms with van der Waals surface area (Å²) in [6, 6.07) is 11.4. The van der Waals surface area contributed by atoms with Crippen LogP contribution in [0, 0.1) is 0 Å². The first-order valence-corrected chi connectivity index (χ1v) is 11.1. The molecule has 0 radical (unpaired) electrons. The molecule has 0 aromatic heterocycles. The third kappa shape index (κ3) is 4.64. The molecule has 6 N–H and O–H groups in total. The normalized spacial score (nSPS) is 15.7. The molecule has 0 aliphatic carbocycles. The van der Waals surface area contributed by atoms with Crippen LogP contribution in [0.25, 0.3) is 0 Å². The Kier molecular flexibility index (Phi) is 6.52. The summed E-state index contributed by atoms with van der Waals surface area (Å²) in [5.41, 5.74) is 15.0. The van der Waals surface area contributed by atoms with Crippen molar-refractivity contribution in [1.82, 2.24) is 10.2 Å². The molecule has 2 heterocycles. The predicted molar refractivity (Wildman–Crippen MR) is 126 cm³/mol. The van der Waals surface area contributed by atoms with E-state index in [4.69, 9.17) is 11.5 Å². The van der Waals surface area contributed by atoms with E-state index in [0.717, 1.165) is 29.7 Å². The van der Waals surface area contributed by atoms with Crippen LogP contribution in [0.3, 0.4) is 0 Å². The van der Waals surface area contributed by atoms with Gasteiger partial charge in [0.25, 0.3) is 5.91 Å². The molecular formula is C24H28N6O3. The van der Waals surface area contributed by atoms with E-state index in [9.17, 15) is 14.4 Å². The number of anilines is 1. The quantitative estimate of drug-likeness (QED) is 0.454. The molecule has 2 aromatic rings. The molecule has 9 heteroatoms. The molecule has 0 saturated heterocycles. The van der Waals surface area contributed by atoms with Crippen molar-refractivity contribution in [1.29, 1.82) is 0 Å². The van der Waals surface area contributed by atoms with E-state index in [2.05, 4.69) is 15.6 Å². The van der Waals surface area contributed by atoms with Crippen LogP contribution in [0.1, 0.15) is 47.7 Å². The summed E-state index contributed by atoms with van der Waals surface area (Å²) in [4.78, 5) is 43.9. The Hall–Kier alpha value is -3.56. The SMILES string of the molecule is C[C@H](NC(=O)[C@@H](N)CCCCN)C(=O)Nc1ccc2c(c1)CN1C(=O)c3ccccc3C1=N2. The number of nitrogens with two attached hydrogens (primary N) is 2. The Bertz CT molecular complexity index is 1130. The first-order chi connectivity index (χ1) is 15.9. The van der Waals surface area contributed by atoms with Gasteiger partial charge < -0.3 is 22.1 Å². The van der Waals surface area contributed by atoms with Gasteiger partial charge in [-0.2, -0.15) is 0 Å². The van der Waals surface area contributed by atoms with Crippen molar-refractivity contribution in [2.24, 2.45) is 16.5 Å². The van der Waals surface area contributed by atoms with Gasteiger partial charge in [0.2, 0.25) is 11.8 Å². The van der Waals surface area contributed by atoms with E-state index < -0.39 is 12.1 Å². The first-order valence-electron chi connectivity index (χ1n) is 11.1. The van der Waals surface area contributed by atoms with Gasteiger partial charge in [0.15, 0.2) is 0 Å². The highest BCUT2D eigenvalue weighted by Gasteiger charge is 2.36. The monoisotopic (exact) mass is 448 g/mol. The lowest BCUT2D eigenvalue weighted by molar-refractivity contribution is -0.127. The number of carbonyl (C=O) groups excluding carboxylic acids is 3. The number of unbranched alkanes of at least 4 members (excludes halogenated alkanes) is 1. The number of amides is 3. The molecule has 0 fully saturated rings. The summed E-state index contributed by atoms with van der Waals surface area (Å²) in [5.74, 6) is -0.154. The predicted octanol–water partition coefficient (Wildman–Crippen LogP) is 1.63. The summed E-state index contributed by atoms with van der Waals surface area (Å²) in [6.07, 6.45) is 2.08. The molecule has 4 rings (SSSR count). The van der Waals surface area contributed by atoms with Gasteiger partial charge in [-0.15, -0.1) is 0 Å². The molecule has 0 spiro atoms. The average molecular weight is 449 g/mol. The zero-order valence-corrected chi connectivity index (χ0v) is 18.5. The van der Waals surface area contributed by atoms with Crippen LogP contribution in [-0.2, 0) is 16.1 Å². The lowest BCUT2D eigenvalue weighted by atomic mass is 10.1. The van der Waals surface area contributed by atoms with Gasteiger partial charge in [-0.25, -0.2) is 4.99 Å². The summed E-state index contributed by atoms with van der Waals surface area (Å²) in [6.45, 7) is 2.53. The van der Waals surface area contributed by atoms with Gasteiger partial charge in [-0.3, -0.25) is 19.3 Å². The standard InChI is InChI=1S/C24H28N6O3/c1-14(27-23(32)19(26)8-4-5-11-25)22(31)28-16-9-10-20-15(12-16)13-30-21(29-20)17-6-2-3-7-18(17)24(30)33/h2-3,6-7,9-10,12,14,19H,4-5,8,11,13,25-26H2,1H3,(H,27,32)(H,28,31)/t14-,19-/m0/s1. The molecule has 0 unspecified atom stereocenters. The third-order valence-corrected chi connectivity index (χ3v) is 5.86. The van der Waals surface area contributed by atoms with Crippen LogP contribution >= 0.6 is 0 Å². The van der Waals surface area contributed by atoms with E-state index in [1.807, 2.05) is 24.3 Å². The molecule has 2 atom stereocenters. The number of amidine groups is 1. The molecule has 0 bridgehead atoms. The summed E-state index contributed by atoms with van der Waals surface area (Å²) in [7, 11) is 0. The highest BCUT2D eigenvalue weighted by atomic mass is 16.2. The Labute approximate surface area is 192 Å². The van der Waals surface area contributed by atoms with E-state index in [-0.39, 0.29) is 17.7 Å². The van der Waals surface area contributed by atoms with Gasteiger partial charge in [0, 0.05) is 11.3 Å². The van der Waals surface area contributed by atoms with E-state index in [1.54, 1.807) is 30.0 Å². The summed E-state index contributed by atoms with van der Waals surface area (Å²) in [5, 5.41) is 5.47. The number of nitrogens with zero attached hydrogens (tertiary/aromatic N) is 2. The van der Waals surface area contributed by atoms with Crippen LogP contribution in [0.4, 0.5) is 11.4 Å². The number of carbonyl (C=O) groups is 3. The maximum absolute atomic E-state index is 12.8. The van der Waals surface area contributed by atoms with E-state index in [0.29, 0.717) is 36.6 Å². The van der Waals surface area contributed by atoms with Crippen LogP contribution < -0.4 is 22.1 Å². The molecule has 2 aliphatic heterocycles. The molecule has 2 aromatic carbocycles. The molecule has 2 aliphatic rings. The van der Waals surface area contributed by atoms with Crippen molar-refractivity contribution in [2.75, 3.05) is 11.9 Å². The fourth-order valence-electron chi connectivity index (χ4n) is 3.98. The Balaban J connectivity index is 1.40. The number of rotatable bonds is 8. The van der Waals surface area contributed by atoms with Crippen LogP contribution in [-0.4, -0.2) is 47.1 Å². The molecule has 9 nitrogen and oxygen atoms in total. The van der Waals surface area contributed by atoms with Crippen molar-refractivity contribution < 1.29 is 14.4 Å². The average Bonchev–Trinajstić information content (AvgIpc) is 3.09. The van der Waals surface area contributed by atoms with Gasteiger partial charge in [-0.1, -0.05) is 24.6 Å². The van der Waals surface area contributed by atoms with E-state index in [1.165, 1.54) is 0 Å². The van der Waals surface area contributed by atoms with Crippen molar-refractivity contribution in [2.45, 2.75) is 44.8 Å². The molecule has 3 amide bonds. The number of fused-ring (bicyclic) bond motifs is 4. The highest BCUT2D eigenvalue weighted by Crippen LogP contribution is 2.35. The zero-order valence-electron chi connectivity index (χ0n) is 18.5. The Morgan fingerprint density at radius 3 is 2.64 bits per heavy atom. The number of hydrogen-bond acceptors (Lipinski definition) is 6. The fourth-order valence-corrected chi connectivity index (χ4v) is 3.98. The minimum atomic E-state index is -0.756. The molecule has 0 saturated carbocycles. The second kappa shape index (κ2) is 9.51. The Morgan fingerprint density at radius 2 is 1.88 bits per heavy atom. The fraction of sp³-hybridized carbons (Fsp3) is 0.333. The van der Waals surface area contributed by atoms with Crippen molar-refractivity contribution in [3.8, 4) is 0 Å². The molecule has 33 heavy (non-hydrogen) atoms. The zero-order chi connectivity index (χ0) is 23.5. The largest absolute Gasteiger partial charge is 0.343 e. The summed E-state index contributed by atoms with van der Waals surface area (Å²) < 4.78 is 0.